The lowest BCUT2D eigenvalue weighted by Crippen LogP contribution is -2.51. The van der Waals surface area contributed by atoms with Gasteiger partial charge in [-0.2, -0.15) is 0 Å². The molecule has 0 aliphatic heterocycles. The van der Waals surface area contributed by atoms with E-state index in [9.17, 15) is 8.78 Å². The minimum absolute atomic E-state index is 0.0432. The van der Waals surface area contributed by atoms with E-state index in [1.54, 1.807) is 0 Å². The molecule has 4 saturated carbocycles. The second kappa shape index (κ2) is 27.4. The molecule has 0 N–H and O–H groups in total. The van der Waals surface area contributed by atoms with Crippen molar-refractivity contribution in [2.24, 2.45) is 46.3 Å². The number of halogens is 4. The van der Waals surface area contributed by atoms with Gasteiger partial charge in [0.25, 0.3) is 0 Å². The Morgan fingerprint density at radius 1 is 0.411 bits per heavy atom. The van der Waals surface area contributed by atoms with Crippen LogP contribution in [-0.2, 0) is 15.6 Å². The Morgan fingerprint density at radius 2 is 0.753 bits per heavy atom. The van der Waals surface area contributed by atoms with Crippen LogP contribution < -0.4 is 0 Å². The fourth-order valence-electron chi connectivity index (χ4n) is 16.5. The summed E-state index contributed by atoms with van der Waals surface area (Å²) in [5.74, 6) is -0.237. The summed E-state index contributed by atoms with van der Waals surface area (Å²) in [6.45, 7) is 5.65. The first-order valence-electron chi connectivity index (χ1n) is 30.9. The highest BCUT2D eigenvalue weighted by Gasteiger charge is 2.56. The Bertz CT molecular complexity index is 1910. The molecule has 2 aromatic carbocycles. The predicted octanol–water partition coefficient (Wildman–Crippen LogP) is 20.7. The molecule has 0 bridgehead atoms. The second-order valence-corrected chi connectivity index (χ2v) is 25.0. The Morgan fingerprint density at radius 3 is 1.10 bits per heavy atom. The summed E-state index contributed by atoms with van der Waals surface area (Å²) in [5.41, 5.74) is 0.680. The fraction of sp³-hybridized carbons (Fsp3) is 0.706. The lowest BCUT2D eigenvalue weighted by atomic mass is 9.46. The van der Waals surface area contributed by atoms with Crippen LogP contribution in [0.15, 0.2) is 85.0 Å². The van der Waals surface area contributed by atoms with Crippen LogP contribution in [0.4, 0.5) is 17.6 Å². The van der Waals surface area contributed by atoms with Gasteiger partial charge in [-0.25, -0.2) is 17.6 Å². The molecule has 4 fully saturated rings. The van der Waals surface area contributed by atoms with Gasteiger partial charge in [-0.15, -0.1) is 0 Å². The van der Waals surface area contributed by atoms with Crippen molar-refractivity contribution in [1.29, 1.82) is 0 Å². The summed E-state index contributed by atoms with van der Waals surface area (Å²) in [7, 11) is 0. The molecule has 2 aromatic rings. The maximum atomic E-state index is 15.4. The molecule has 0 heterocycles. The van der Waals surface area contributed by atoms with E-state index in [2.05, 4.69) is 62.5 Å². The van der Waals surface area contributed by atoms with E-state index in [0.717, 1.165) is 48.6 Å². The van der Waals surface area contributed by atoms with Gasteiger partial charge >= 0.3 is 0 Å². The molecule has 8 rings (SSSR count). The number of benzene rings is 2. The smallest absolute Gasteiger partial charge is 0.159 e. The molecule has 0 aromatic heterocycles. The number of unbranched alkanes of at least 4 members (excludes halogenated alkanes) is 12. The van der Waals surface area contributed by atoms with Gasteiger partial charge in [0.05, 0.1) is 13.2 Å². The zero-order chi connectivity index (χ0) is 51.0. The van der Waals surface area contributed by atoms with Crippen LogP contribution >= 0.6 is 0 Å². The molecule has 6 aliphatic rings. The molecule has 1 nitrogen and oxygen atoms in total. The van der Waals surface area contributed by atoms with Crippen LogP contribution in [0.25, 0.3) is 0 Å². The predicted molar refractivity (Wildman–Crippen MR) is 298 cm³/mol. The van der Waals surface area contributed by atoms with Gasteiger partial charge in [-0.05, 0) is 121 Å². The molecule has 0 atom stereocenters. The van der Waals surface area contributed by atoms with Crippen molar-refractivity contribution in [2.45, 2.75) is 243 Å². The first-order valence-corrected chi connectivity index (χ1v) is 30.9. The largest absolute Gasteiger partial charge is 0.380 e. The van der Waals surface area contributed by atoms with Gasteiger partial charge in [0.15, 0.2) is 23.3 Å². The molecular weight excluding hydrogens is 909 g/mol. The van der Waals surface area contributed by atoms with Gasteiger partial charge in [-0.3, -0.25) is 0 Å². The van der Waals surface area contributed by atoms with Crippen molar-refractivity contribution < 1.29 is 22.3 Å². The number of rotatable bonds is 26. The van der Waals surface area contributed by atoms with Crippen LogP contribution in [0.2, 0.25) is 0 Å². The summed E-state index contributed by atoms with van der Waals surface area (Å²) in [6.07, 6.45) is 62.3. The van der Waals surface area contributed by atoms with E-state index in [-0.39, 0.29) is 22.7 Å². The van der Waals surface area contributed by atoms with Crippen LogP contribution in [0, 0.1) is 69.6 Å². The number of allylic oxidation sites excluding steroid dienone is 4. The van der Waals surface area contributed by atoms with Crippen molar-refractivity contribution in [3.63, 3.8) is 0 Å². The van der Waals surface area contributed by atoms with Crippen molar-refractivity contribution in [3.8, 4) is 0 Å². The minimum Gasteiger partial charge on any atom is -0.380 e. The average Bonchev–Trinajstić information content (AvgIpc) is 3.43. The third-order valence-corrected chi connectivity index (χ3v) is 20.7. The van der Waals surface area contributed by atoms with Gasteiger partial charge in [0.1, 0.15) is 0 Å². The van der Waals surface area contributed by atoms with Gasteiger partial charge in [0.2, 0.25) is 0 Å². The molecule has 5 heteroatoms. The van der Waals surface area contributed by atoms with Crippen LogP contribution in [0.5, 0.6) is 0 Å². The van der Waals surface area contributed by atoms with E-state index in [1.807, 2.05) is 12.1 Å². The highest BCUT2D eigenvalue weighted by Crippen LogP contribution is 2.63. The van der Waals surface area contributed by atoms with Crippen LogP contribution in [0.1, 0.15) is 243 Å². The van der Waals surface area contributed by atoms with E-state index < -0.39 is 34.1 Å². The van der Waals surface area contributed by atoms with Gasteiger partial charge < -0.3 is 4.74 Å². The molecular formula is C68H98F4O. The second-order valence-electron chi connectivity index (χ2n) is 25.0. The van der Waals surface area contributed by atoms with E-state index in [0.29, 0.717) is 25.0 Å². The monoisotopic (exact) mass is 1010 g/mol. The standard InChI is InChI=1S/C68H98F4O/c1-3-5-7-9-11-13-17-23-53-25-29-57(30-26-53)65(41-19-15-20-42-65)67(59-33-35-61(69)63(71)49-59)45-37-55(38-46-67)51-73-52-56-39-47-68(48-40-56,60-34-36-62(70)64(72)50-60)66(43-21-16-22-44-66)58-31-27-54(28-32-58)24-18-14-12-10-8-6-4-2/h33-40,45-50,53-58H,3-32,41-44,51-52H2,1-2H3/t53-,54-,55-,56-,57-,58-,67+,68+. The normalized spacial score (nSPS) is 29.9. The zero-order valence-corrected chi connectivity index (χ0v) is 45.9. The third kappa shape index (κ3) is 13.3. The molecule has 0 unspecified atom stereocenters. The fourth-order valence-corrected chi connectivity index (χ4v) is 16.5. The maximum Gasteiger partial charge on any atom is 0.159 e. The first kappa shape index (κ1) is 56.3. The highest BCUT2D eigenvalue weighted by molar-refractivity contribution is 5.46. The highest BCUT2D eigenvalue weighted by atomic mass is 19.2. The number of ether oxygens (including phenoxy) is 1. The summed E-state index contributed by atoms with van der Waals surface area (Å²) < 4.78 is 66.7. The van der Waals surface area contributed by atoms with E-state index >= 15 is 8.78 Å². The molecule has 0 amide bonds. The Hall–Kier alpha value is -2.92. The van der Waals surface area contributed by atoms with Crippen molar-refractivity contribution in [1.82, 2.24) is 0 Å². The molecule has 0 saturated heterocycles. The van der Waals surface area contributed by atoms with Crippen molar-refractivity contribution in [3.05, 3.63) is 119 Å². The average molecular weight is 1010 g/mol. The zero-order valence-electron chi connectivity index (χ0n) is 45.9. The Labute approximate surface area is 442 Å². The van der Waals surface area contributed by atoms with Crippen molar-refractivity contribution >= 4 is 0 Å². The molecule has 73 heavy (non-hydrogen) atoms. The third-order valence-electron chi connectivity index (χ3n) is 20.7. The SMILES string of the molecule is CCCCCCCCC[C@H]1CC[C@H](C2([C@]3(c4ccc(F)c(F)c4)C=C[C@H](COC[C@H]4C=C[C@@](c5ccc(F)c(F)c5)(C5([C@H]6CC[C@H](CCCCCCCCC)CC6)CCCCC5)C=C4)C=C3)CCCCC2)CC1. The van der Waals surface area contributed by atoms with E-state index in [4.69, 9.17) is 4.74 Å². The molecule has 0 spiro atoms. The summed E-state index contributed by atoms with van der Waals surface area (Å²) >= 11 is 0. The van der Waals surface area contributed by atoms with E-state index in [1.165, 1.54) is 217 Å². The first-order chi connectivity index (χ1) is 35.7. The molecule has 6 aliphatic carbocycles. The summed E-state index contributed by atoms with van der Waals surface area (Å²) in [4.78, 5) is 0. The molecule has 0 radical (unpaired) electrons. The topological polar surface area (TPSA) is 9.23 Å². The number of hydrogen-bond acceptors (Lipinski definition) is 1. The van der Waals surface area contributed by atoms with Crippen molar-refractivity contribution in [2.75, 3.05) is 13.2 Å². The molecule has 404 valence electrons. The number of hydrogen-bond donors (Lipinski definition) is 0. The van der Waals surface area contributed by atoms with Crippen LogP contribution in [0.3, 0.4) is 0 Å². The summed E-state index contributed by atoms with van der Waals surface area (Å²) in [6, 6.07) is 9.46. The quantitative estimate of drug-likeness (QED) is 0.0518. The van der Waals surface area contributed by atoms with Gasteiger partial charge in [-0.1, -0.05) is 242 Å². The lowest BCUT2D eigenvalue weighted by Gasteiger charge is -2.57. The summed E-state index contributed by atoms with van der Waals surface area (Å²) in [5, 5.41) is 0. The Kier molecular flexibility index (Phi) is 21.1. The van der Waals surface area contributed by atoms with Crippen LogP contribution in [-0.4, -0.2) is 13.2 Å². The Balaban J connectivity index is 0.935. The van der Waals surface area contributed by atoms with Gasteiger partial charge in [0, 0.05) is 22.7 Å². The maximum absolute atomic E-state index is 15.4. The lowest BCUT2D eigenvalue weighted by molar-refractivity contribution is 0.00994. The minimum atomic E-state index is -0.782.